The van der Waals surface area contributed by atoms with Gasteiger partial charge in [0.1, 0.15) is 11.4 Å². The summed E-state index contributed by atoms with van der Waals surface area (Å²) >= 11 is 0. The van der Waals surface area contributed by atoms with Crippen molar-refractivity contribution in [3.63, 3.8) is 0 Å². The van der Waals surface area contributed by atoms with Crippen molar-refractivity contribution in [2.24, 2.45) is 0 Å². The van der Waals surface area contributed by atoms with Crippen molar-refractivity contribution < 1.29 is 4.74 Å². The number of hydrogen-bond acceptors (Lipinski definition) is 3. The Bertz CT molecular complexity index is 438. The van der Waals surface area contributed by atoms with Crippen LogP contribution in [0.5, 0.6) is 5.75 Å². The van der Waals surface area contributed by atoms with E-state index in [1.54, 1.807) is 0 Å². The van der Waals surface area contributed by atoms with E-state index < -0.39 is 0 Å². The van der Waals surface area contributed by atoms with Crippen molar-refractivity contribution in [2.75, 3.05) is 17.2 Å². The second-order valence-electron chi connectivity index (χ2n) is 5.78. The highest BCUT2D eigenvalue weighted by atomic mass is 16.5. The van der Waals surface area contributed by atoms with Gasteiger partial charge in [-0.25, -0.2) is 0 Å². The molecule has 1 spiro atoms. The Labute approximate surface area is 109 Å². The summed E-state index contributed by atoms with van der Waals surface area (Å²) in [5.74, 6) is 0.964. The first-order valence-electron chi connectivity index (χ1n) is 7.00. The molecule has 1 aliphatic carbocycles. The predicted molar refractivity (Wildman–Crippen MR) is 75.5 cm³/mol. The Kier molecular flexibility index (Phi) is 2.84. The minimum Gasteiger partial charge on any atom is -0.489 e. The average Bonchev–Trinajstić information content (AvgIpc) is 2.47. The van der Waals surface area contributed by atoms with Crippen molar-refractivity contribution in [1.82, 2.24) is 0 Å². The molecule has 1 aromatic rings. The van der Waals surface area contributed by atoms with Crippen LogP contribution in [0, 0.1) is 0 Å². The maximum Gasteiger partial charge on any atom is 0.144 e. The Morgan fingerprint density at radius 2 is 2.06 bits per heavy atom. The monoisotopic (exact) mass is 246 g/mol. The molecular formula is C15H22N2O. The fourth-order valence-electron chi connectivity index (χ4n) is 2.92. The van der Waals surface area contributed by atoms with Crippen LogP contribution in [0.25, 0.3) is 0 Å². The number of fused-ring (bicyclic) bond motifs is 1. The van der Waals surface area contributed by atoms with Gasteiger partial charge in [0.2, 0.25) is 0 Å². The first kappa shape index (κ1) is 11.7. The van der Waals surface area contributed by atoms with Crippen LogP contribution >= 0.6 is 0 Å². The maximum atomic E-state index is 5.89. The zero-order valence-electron chi connectivity index (χ0n) is 11.3. The van der Waals surface area contributed by atoms with E-state index >= 15 is 0 Å². The van der Waals surface area contributed by atoms with E-state index in [2.05, 4.69) is 36.6 Å². The first-order chi connectivity index (χ1) is 8.69. The molecule has 3 rings (SSSR count). The molecule has 0 atom stereocenters. The number of hydrogen-bond donors (Lipinski definition) is 2. The highest BCUT2D eigenvalue weighted by Gasteiger charge is 2.38. The van der Waals surface area contributed by atoms with Gasteiger partial charge in [0.25, 0.3) is 0 Å². The van der Waals surface area contributed by atoms with Gasteiger partial charge < -0.3 is 15.4 Å². The summed E-state index contributed by atoms with van der Waals surface area (Å²) in [7, 11) is 0. The molecule has 98 valence electrons. The first-order valence-corrected chi connectivity index (χ1v) is 7.00. The van der Waals surface area contributed by atoms with Gasteiger partial charge in [0.05, 0.1) is 11.8 Å². The molecule has 1 fully saturated rings. The molecule has 3 nitrogen and oxygen atoms in total. The van der Waals surface area contributed by atoms with Crippen LogP contribution in [0.1, 0.15) is 39.5 Å². The van der Waals surface area contributed by atoms with E-state index in [9.17, 15) is 0 Å². The summed E-state index contributed by atoms with van der Waals surface area (Å²) in [6.07, 6.45) is 5.35. The Morgan fingerprint density at radius 1 is 1.22 bits per heavy atom. The van der Waals surface area contributed by atoms with E-state index in [0.717, 1.165) is 18.0 Å². The van der Waals surface area contributed by atoms with Crippen molar-refractivity contribution in [3.05, 3.63) is 18.2 Å². The van der Waals surface area contributed by atoms with Crippen LogP contribution in [0.3, 0.4) is 0 Å². The molecule has 0 radical (unpaired) electrons. The lowest BCUT2D eigenvalue weighted by molar-refractivity contribution is 0.244. The van der Waals surface area contributed by atoms with Gasteiger partial charge in [0.15, 0.2) is 0 Å². The van der Waals surface area contributed by atoms with E-state index in [-0.39, 0.29) is 6.10 Å². The molecule has 2 aliphatic rings. The fraction of sp³-hybridized carbons (Fsp3) is 0.600. The van der Waals surface area contributed by atoms with Gasteiger partial charge in [-0.3, -0.25) is 0 Å². The summed E-state index contributed by atoms with van der Waals surface area (Å²) in [6.45, 7) is 5.16. The summed E-state index contributed by atoms with van der Waals surface area (Å²) in [4.78, 5) is 0. The van der Waals surface area contributed by atoms with E-state index in [1.165, 1.54) is 31.4 Å². The summed E-state index contributed by atoms with van der Waals surface area (Å²) in [5, 5.41) is 7.28. The number of ether oxygens (including phenoxy) is 1. The second-order valence-corrected chi connectivity index (χ2v) is 5.78. The molecule has 0 saturated heterocycles. The zero-order chi connectivity index (χ0) is 12.6. The summed E-state index contributed by atoms with van der Waals surface area (Å²) in [5.41, 5.74) is 2.68. The summed E-state index contributed by atoms with van der Waals surface area (Å²) < 4.78 is 5.89. The molecule has 1 saturated carbocycles. The number of nitrogens with one attached hydrogen (secondary N) is 2. The normalized spacial score (nSPS) is 20.4. The lowest BCUT2D eigenvalue weighted by Gasteiger charge is -2.42. The maximum absolute atomic E-state index is 5.89. The van der Waals surface area contributed by atoms with Crippen LogP contribution in [0.15, 0.2) is 18.2 Å². The fourth-order valence-corrected chi connectivity index (χ4v) is 2.92. The van der Waals surface area contributed by atoms with E-state index in [4.69, 9.17) is 4.74 Å². The third-order valence-corrected chi connectivity index (χ3v) is 4.00. The lowest BCUT2D eigenvalue weighted by Crippen LogP contribution is -2.45. The van der Waals surface area contributed by atoms with Crippen molar-refractivity contribution >= 4 is 11.4 Å². The third-order valence-electron chi connectivity index (χ3n) is 4.00. The van der Waals surface area contributed by atoms with Crippen LogP contribution in [-0.2, 0) is 0 Å². The number of rotatable bonds is 2. The summed E-state index contributed by atoms with van der Waals surface area (Å²) in [6, 6.07) is 6.27. The molecule has 1 aromatic carbocycles. The topological polar surface area (TPSA) is 33.3 Å². The van der Waals surface area contributed by atoms with E-state index in [0.29, 0.717) is 5.54 Å². The number of para-hydroxylation sites is 1. The molecule has 2 N–H and O–H groups in total. The minimum absolute atomic E-state index is 0.208. The van der Waals surface area contributed by atoms with Gasteiger partial charge in [-0.1, -0.05) is 6.07 Å². The standard InChI is InChI=1S/C15H22N2O/c1-11(2)18-13-6-3-5-12-14(13)16-10-9-15(17-12)7-4-8-15/h3,5-6,11,16-17H,4,7-10H2,1-2H3. The minimum atomic E-state index is 0.208. The Morgan fingerprint density at radius 3 is 2.72 bits per heavy atom. The second kappa shape index (κ2) is 4.38. The molecule has 0 unspecified atom stereocenters. The Balaban J connectivity index is 1.91. The van der Waals surface area contributed by atoms with Crippen molar-refractivity contribution in [3.8, 4) is 5.75 Å². The molecule has 3 heteroatoms. The quantitative estimate of drug-likeness (QED) is 0.836. The van der Waals surface area contributed by atoms with Gasteiger partial charge in [-0.15, -0.1) is 0 Å². The van der Waals surface area contributed by atoms with Gasteiger partial charge in [-0.2, -0.15) is 0 Å². The van der Waals surface area contributed by atoms with Gasteiger partial charge in [0, 0.05) is 12.1 Å². The SMILES string of the molecule is CC(C)Oc1cccc2c1NCCC1(CCC1)N2. The largest absolute Gasteiger partial charge is 0.489 e. The zero-order valence-corrected chi connectivity index (χ0v) is 11.3. The molecule has 0 amide bonds. The van der Waals surface area contributed by atoms with Crippen LogP contribution < -0.4 is 15.4 Å². The predicted octanol–water partition coefficient (Wildman–Crippen LogP) is 3.62. The lowest BCUT2D eigenvalue weighted by atomic mass is 9.74. The third kappa shape index (κ3) is 2.02. The molecule has 0 bridgehead atoms. The van der Waals surface area contributed by atoms with Crippen LogP contribution in [0.4, 0.5) is 11.4 Å². The van der Waals surface area contributed by atoms with E-state index in [1.807, 2.05) is 6.07 Å². The highest BCUT2D eigenvalue weighted by Crippen LogP contribution is 2.44. The Hall–Kier alpha value is -1.38. The van der Waals surface area contributed by atoms with Crippen LogP contribution in [0.2, 0.25) is 0 Å². The number of anilines is 2. The van der Waals surface area contributed by atoms with Gasteiger partial charge >= 0.3 is 0 Å². The smallest absolute Gasteiger partial charge is 0.144 e. The molecule has 18 heavy (non-hydrogen) atoms. The van der Waals surface area contributed by atoms with Crippen molar-refractivity contribution in [1.29, 1.82) is 0 Å². The number of benzene rings is 1. The highest BCUT2D eigenvalue weighted by molar-refractivity contribution is 5.77. The molecule has 1 heterocycles. The van der Waals surface area contributed by atoms with Crippen LogP contribution in [-0.4, -0.2) is 18.2 Å². The average molecular weight is 246 g/mol. The molecule has 1 aliphatic heterocycles. The molecule has 0 aromatic heterocycles. The molecular weight excluding hydrogens is 224 g/mol. The van der Waals surface area contributed by atoms with Gasteiger partial charge in [-0.05, 0) is 51.7 Å². The van der Waals surface area contributed by atoms with Crippen molar-refractivity contribution in [2.45, 2.75) is 51.2 Å².